The van der Waals surface area contributed by atoms with Crippen LogP contribution >= 0.6 is 0 Å². The first-order valence-electron chi connectivity index (χ1n) is 7.26. The number of nitrogens with two attached hydrogens (primary N) is 1. The van der Waals surface area contributed by atoms with Crippen LogP contribution in [0.5, 0.6) is 0 Å². The molecule has 5 nitrogen and oxygen atoms in total. The van der Waals surface area contributed by atoms with E-state index in [2.05, 4.69) is 22.0 Å². The zero-order chi connectivity index (χ0) is 14.0. The quantitative estimate of drug-likeness (QED) is 0.929. The van der Waals surface area contributed by atoms with Crippen molar-refractivity contribution in [3.8, 4) is 11.5 Å². The van der Waals surface area contributed by atoms with Crippen LogP contribution in [0.3, 0.4) is 0 Å². The average molecular weight is 272 g/mol. The van der Waals surface area contributed by atoms with Crippen molar-refractivity contribution in [3.05, 3.63) is 30.3 Å². The van der Waals surface area contributed by atoms with Gasteiger partial charge in [-0.15, -0.1) is 0 Å². The van der Waals surface area contributed by atoms with Gasteiger partial charge in [-0.05, 0) is 43.7 Å². The fourth-order valence-electron chi connectivity index (χ4n) is 2.84. The SMILES string of the molecule is CCC1CCC(N)(c2nc(-c3ccccn3)no2)CC1. The van der Waals surface area contributed by atoms with Gasteiger partial charge in [0.2, 0.25) is 11.7 Å². The van der Waals surface area contributed by atoms with Crippen molar-refractivity contribution in [1.82, 2.24) is 15.1 Å². The van der Waals surface area contributed by atoms with E-state index in [4.69, 9.17) is 10.3 Å². The van der Waals surface area contributed by atoms with E-state index < -0.39 is 5.54 Å². The van der Waals surface area contributed by atoms with Crippen molar-refractivity contribution in [2.75, 3.05) is 0 Å². The largest absolute Gasteiger partial charge is 0.337 e. The third-order valence-electron chi connectivity index (χ3n) is 4.32. The summed E-state index contributed by atoms with van der Waals surface area (Å²) in [5.74, 6) is 1.85. The van der Waals surface area contributed by atoms with Gasteiger partial charge in [0.1, 0.15) is 5.69 Å². The van der Waals surface area contributed by atoms with Gasteiger partial charge in [0.25, 0.3) is 0 Å². The van der Waals surface area contributed by atoms with E-state index in [1.165, 1.54) is 6.42 Å². The van der Waals surface area contributed by atoms with Gasteiger partial charge in [0.05, 0.1) is 5.54 Å². The number of hydrogen-bond donors (Lipinski definition) is 1. The van der Waals surface area contributed by atoms with E-state index in [-0.39, 0.29) is 0 Å². The molecule has 5 heteroatoms. The Bertz CT molecular complexity index is 558. The van der Waals surface area contributed by atoms with E-state index in [0.717, 1.165) is 31.6 Å². The molecule has 1 aliphatic carbocycles. The van der Waals surface area contributed by atoms with E-state index in [9.17, 15) is 0 Å². The van der Waals surface area contributed by atoms with Crippen LogP contribution in [0.2, 0.25) is 0 Å². The van der Waals surface area contributed by atoms with E-state index in [1.807, 2.05) is 18.2 Å². The van der Waals surface area contributed by atoms with Crippen molar-refractivity contribution < 1.29 is 4.52 Å². The number of hydrogen-bond acceptors (Lipinski definition) is 5. The minimum atomic E-state index is -0.467. The van der Waals surface area contributed by atoms with Crippen LogP contribution in [-0.2, 0) is 5.54 Å². The standard InChI is InChI=1S/C15H20N4O/c1-2-11-6-8-15(16,9-7-11)14-18-13(19-20-14)12-5-3-4-10-17-12/h3-5,10-11H,2,6-9,16H2,1H3. The molecule has 3 rings (SSSR count). The van der Waals surface area contributed by atoms with Gasteiger partial charge in [0, 0.05) is 6.20 Å². The molecule has 2 heterocycles. The maximum atomic E-state index is 6.47. The van der Waals surface area contributed by atoms with Crippen LogP contribution in [0.25, 0.3) is 11.5 Å². The molecule has 2 aromatic heterocycles. The van der Waals surface area contributed by atoms with Gasteiger partial charge >= 0.3 is 0 Å². The second-order valence-electron chi connectivity index (χ2n) is 5.65. The molecular weight excluding hydrogens is 252 g/mol. The lowest BCUT2D eigenvalue weighted by molar-refractivity contribution is 0.181. The molecule has 2 N–H and O–H groups in total. The maximum Gasteiger partial charge on any atom is 0.247 e. The van der Waals surface area contributed by atoms with Crippen LogP contribution in [0.15, 0.2) is 28.9 Å². The molecule has 20 heavy (non-hydrogen) atoms. The van der Waals surface area contributed by atoms with Crippen molar-refractivity contribution >= 4 is 0 Å². The normalized spacial score (nSPS) is 26.6. The summed E-state index contributed by atoms with van der Waals surface area (Å²) in [5, 5.41) is 4.02. The molecule has 1 aliphatic rings. The van der Waals surface area contributed by atoms with Crippen LogP contribution in [0, 0.1) is 5.92 Å². The highest BCUT2D eigenvalue weighted by atomic mass is 16.5. The molecule has 0 saturated heterocycles. The Morgan fingerprint density at radius 3 is 2.80 bits per heavy atom. The molecule has 0 bridgehead atoms. The zero-order valence-corrected chi connectivity index (χ0v) is 11.7. The first-order chi connectivity index (χ1) is 9.71. The second kappa shape index (κ2) is 5.32. The Hall–Kier alpha value is -1.75. The summed E-state index contributed by atoms with van der Waals surface area (Å²) in [6.07, 6.45) is 7.03. The fourth-order valence-corrected chi connectivity index (χ4v) is 2.84. The summed E-state index contributed by atoms with van der Waals surface area (Å²) in [7, 11) is 0. The summed E-state index contributed by atoms with van der Waals surface area (Å²) >= 11 is 0. The summed E-state index contributed by atoms with van der Waals surface area (Å²) in [5.41, 5.74) is 6.72. The maximum absolute atomic E-state index is 6.47. The van der Waals surface area contributed by atoms with E-state index in [1.54, 1.807) is 6.20 Å². The van der Waals surface area contributed by atoms with Gasteiger partial charge in [0.15, 0.2) is 0 Å². The molecule has 0 aliphatic heterocycles. The molecule has 0 atom stereocenters. The van der Waals surface area contributed by atoms with Crippen molar-refractivity contribution in [2.45, 2.75) is 44.6 Å². The third kappa shape index (κ3) is 2.45. The molecule has 0 unspecified atom stereocenters. The molecule has 1 fully saturated rings. The van der Waals surface area contributed by atoms with Gasteiger partial charge in [-0.25, -0.2) is 0 Å². The summed E-state index contributed by atoms with van der Waals surface area (Å²) in [6, 6.07) is 5.63. The fraction of sp³-hybridized carbons (Fsp3) is 0.533. The number of aromatic nitrogens is 3. The molecule has 0 aromatic carbocycles. The number of nitrogens with zero attached hydrogens (tertiary/aromatic N) is 3. The van der Waals surface area contributed by atoms with Crippen molar-refractivity contribution in [2.24, 2.45) is 11.7 Å². The molecule has 0 radical (unpaired) electrons. The van der Waals surface area contributed by atoms with Gasteiger partial charge in [-0.2, -0.15) is 4.98 Å². The molecule has 0 amide bonds. The van der Waals surface area contributed by atoms with Crippen LogP contribution in [-0.4, -0.2) is 15.1 Å². The van der Waals surface area contributed by atoms with Gasteiger partial charge < -0.3 is 10.3 Å². The molecule has 1 saturated carbocycles. The summed E-state index contributed by atoms with van der Waals surface area (Å²) < 4.78 is 5.40. The summed E-state index contributed by atoms with van der Waals surface area (Å²) in [6.45, 7) is 2.24. The van der Waals surface area contributed by atoms with Gasteiger partial charge in [-0.1, -0.05) is 24.6 Å². The molecule has 106 valence electrons. The van der Waals surface area contributed by atoms with Gasteiger partial charge in [-0.3, -0.25) is 4.98 Å². The Morgan fingerprint density at radius 1 is 1.35 bits per heavy atom. The first-order valence-corrected chi connectivity index (χ1v) is 7.26. The lowest BCUT2D eigenvalue weighted by atomic mass is 9.76. The summed E-state index contributed by atoms with van der Waals surface area (Å²) in [4.78, 5) is 8.69. The third-order valence-corrected chi connectivity index (χ3v) is 4.32. The lowest BCUT2D eigenvalue weighted by Crippen LogP contribution is -2.40. The predicted octanol–water partition coefficient (Wildman–Crippen LogP) is 2.89. The number of pyridine rings is 1. The monoisotopic (exact) mass is 272 g/mol. The average Bonchev–Trinajstić information content (AvgIpc) is 3.00. The Kier molecular flexibility index (Phi) is 3.53. The molecule has 0 spiro atoms. The Labute approximate surface area is 118 Å². The zero-order valence-electron chi connectivity index (χ0n) is 11.7. The van der Waals surface area contributed by atoms with Crippen LogP contribution in [0.4, 0.5) is 0 Å². The predicted molar refractivity (Wildman–Crippen MR) is 75.6 cm³/mol. The molecule has 2 aromatic rings. The highest BCUT2D eigenvalue weighted by Crippen LogP contribution is 2.38. The minimum Gasteiger partial charge on any atom is -0.337 e. The van der Waals surface area contributed by atoms with E-state index in [0.29, 0.717) is 17.4 Å². The highest BCUT2D eigenvalue weighted by molar-refractivity contribution is 5.47. The van der Waals surface area contributed by atoms with E-state index >= 15 is 0 Å². The van der Waals surface area contributed by atoms with Crippen LogP contribution < -0.4 is 5.73 Å². The van der Waals surface area contributed by atoms with Crippen LogP contribution in [0.1, 0.15) is 44.9 Å². The van der Waals surface area contributed by atoms with Crippen molar-refractivity contribution in [3.63, 3.8) is 0 Å². The van der Waals surface area contributed by atoms with Crippen molar-refractivity contribution in [1.29, 1.82) is 0 Å². The smallest absolute Gasteiger partial charge is 0.247 e. The topological polar surface area (TPSA) is 77.8 Å². The second-order valence-corrected chi connectivity index (χ2v) is 5.65. The number of rotatable bonds is 3. The first kappa shape index (κ1) is 13.2. The minimum absolute atomic E-state index is 0.467. The Morgan fingerprint density at radius 2 is 2.15 bits per heavy atom. The lowest BCUT2D eigenvalue weighted by Gasteiger charge is -2.33. The molecular formula is C15H20N4O. The Balaban J connectivity index is 1.80. The highest BCUT2D eigenvalue weighted by Gasteiger charge is 2.37.